The molecule has 0 atom stereocenters. The first-order valence-electron chi connectivity index (χ1n) is 7.57. The topological polar surface area (TPSA) is 47.8 Å². The number of H-pyrrole nitrogens is 1. The number of aromatic nitrogens is 2. The number of nitriles is 1. The number of piperidine rings is 1. The average Bonchev–Trinajstić information content (AvgIpc) is 2.84. The molecule has 1 aromatic carbocycles. The molecule has 3 rings (SSSR count). The van der Waals surface area contributed by atoms with E-state index in [0.29, 0.717) is 11.5 Å². The predicted molar refractivity (Wildman–Crippen MR) is 86.7 cm³/mol. The fourth-order valence-electron chi connectivity index (χ4n) is 3.20. The molecule has 1 fully saturated rings. The van der Waals surface area contributed by atoms with Crippen LogP contribution in [0.1, 0.15) is 25.3 Å². The number of imidazole rings is 1. The van der Waals surface area contributed by atoms with Gasteiger partial charge in [0.1, 0.15) is 6.07 Å². The predicted octanol–water partition coefficient (Wildman–Crippen LogP) is 3.30. The molecular weight excluding hydrogens is 280 g/mol. The quantitative estimate of drug-likeness (QED) is 0.885. The van der Waals surface area contributed by atoms with E-state index in [0.717, 1.165) is 28.9 Å². The van der Waals surface area contributed by atoms with Crippen LogP contribution < -0.4 is 0 Å². The Kier molecular flexibility index (Phi) is 4.09. The molecule has 0 aliphatic carbocycles. The lowest BCUT2D eigenvalue weighted by atomic mass is 9.96. The molecule has 2 aromatic rings. The summed E-state index contributed by atoms with van der Waals surface area (Å²) in [6.07, 6.45) is 2.44. The molecule has 0 saturated carbocycles. The second kappa shape index (κ2) is 6.00. The van der Waals surface area contributed by atoms with Crippen molar-refractivity contribution in [3.63, 3.8) is 0 Å². The molecular formula is C16H20N4S. The minimum atomic E-state index is 0.665. The first-order valence-corrected chi connectivity index (χ1v) is 7.97. The van der Waals surface area contributed by atoms with Crippen LogP contribution in [0.4, 0.5) is 0 Å². The summed E-state index contributed by atoms with van der Waals surface area (Å²) in [4.78, 5) is 5.70. The summed E-state index contributed by atoms with van der Waals surface area (Å²) in [5.41, 5.74) is 2.59. The third kappa shape index (κ3) is 2.74. The number of hydrogen-bond acceptors (Lipinski definition) is 3. The van der Waals surface area contributed by atoms with Crippen molar-refractivity contribution in [1.82, 2.24) is 14.5 Å². The van der Waals surface area contributed by atoms with Gasteiger partial charge in [0.2, 0.25) is 0 Å². The second-order valence-electron chi connectivity index (χ2n) is 5.73. The van der Waals surface area contributed by atoms with Gasteiger partial charge in [-0.3, -0.25) is 0 Å². The van der Waals surface area contributed by atoms with Crippen molar-refractivity contribution >= 4 is 23.3 Å². The first kappa shape index (κ1) is 14.3. The van der Waals surface area contributed by atoms with E-state index in [2.05, 4.69) is 27.4 Å². The van der Waals surface area contributed by atoms with Crippen LogP contribution in [-0.2, 0) is 6.54 Å². The van der Waals surface area contributed by atoms with Crippen LogP contribution in [0.5, 0.6) is 0 Å². The number of hydrogen-bond donors (Lipinski definition) is 1. The van der Waals surface area contributed by atoms with E-state index in [1.807, 2.05) is 18.2 Å². The van der Waals surface area contributed by atoms with Crippen LogP contribution in [0, 0.1) is 22.0 Å². The van der Waals surface area contributed by atoms with Crippen molar-refractivity contribution in [2.75, 3.05) is 19.6 Å². The number of benzene rings is 1. The van der Waals surface area contributed by atoms with Crippen LogP contribution in [-0.4, -0.2) is 34.1 Å². The molecule has 5 heteroatoms. The van der Waals surface area contributed by atoms with Gasteiger partial charge in [-0.25, -0.2) is 0 Å². The van der Waals surface area contributed by atoms with E-state index < -0.39 is 0 Å². The molecule has 0 bridgehead atoms. The molecule has 0 spiro atoms. The summed E-state index contributed by atoms with van der Waals surface area (Å²) in [7, 11) is 0. The van der Waals surface area contributed by atoms with Crippen molar-refractivity contribution in [2.24, 2.45) is 5.92 Å². The number of nitrogens with one attached hydrogen (secondary N) is 1. The number of nitrogens with zero attached hydrogens (tertiary/aromatic N) is 3. The SMILES string of the molecule is CCN1CCC(Cn2c(=S)[nH]c3c(C#N)cccc32)CC1. The molecule has 110 valence electrons. The van der Waals surface area contributed by atoms with Crippen molar-refractivity contribution in [2.45, 2.75) is 26.3 Å². The van der Waals surface area contributed by atoms with Crippen LogP contribution in [0.15, 0.2) is 18.2 Å². The number of para-hydroxylation sites is 1. The van der Waals surface area contributed by atoms with E-state index in [1.54, 1.807) is 0 Å². The van der Waals surface area contributed by atoms with Crippen molar-refractivity contribution < 1.29 is 0 Å². The van der Waals surface area contributed by atoms with Gasteiger partial charge < -0.3 is 14.5 Å². The van der Waals surface area contributed by atoms with Gasteiger partial charge in [-0.1, -0.05) is 13.0 Å². The van der Waals surface area contributed by atoms with Gasteiger partial charge in [-0.2, -0.15) is 5.26 Å². The highest BCUT2D eigenvalue weighted by Gasteiger charge is 2.19. The third-order valence-corrected chi connectivity index (χ3v) is 4.85. The van der Waals surface area contributed by atoms with E-state index in [1.165, 1.54) is 25.9 Å². The van der Waals surface area contributed by atoms with Gasteiger partial charge in [0, 0.05) is 6.54 Å². The minimum Gasteiger partial charge on any atom is -0.329 e. The number of likely N-dealkylation sites (tertiary alicyclic amines) is 1. The third-order valence-electron chi connectivity index (χ3n) is 4.53. The van der Waals surface area contributed by atoms with Gasteiger partial charge in [0.15, 0.2) is 4.77 Å². The normalized spacial score (nSPS) is 17.1. The fraction of sp³-hybridized carbons (Fsp3) is 0.500. The molecule has 4 nitrogen and oxygen atoms in total. The standard InChI is InChI=1S/C16H20N4S/c1-2-19-8-6-12(7-9-19)11-20-14-5-3-4-13(10-17)15(14)18-16(20)21/h3-5,12H,2,6-9,11H2,1H3,(H,18,21). The van der Waals surface area contributed by atoms with Crippen LogP contribution in [0.2, 0.25) is 0 Å². The second-order valence-corrected chi connectivity index (χ2v) is 6.12. The molecule has 1 N–H and O–H groups in total. The van der Waals surface area contributed by atoms with E-state index >= 15 is 0 Å². The Balaban J connectivity index is 1.87. The molecule has 0 radical (unpaired) electrons. The highest BCUT2D eigenvalue weighted by Crippen LogP contribution is 2.23. The van der Waals surface area contributed by atoms with Crippen molar-refractivity contribution in [1.29, 1.82) is 5.26 Å². The van der Waals surface area contributed by atoms with E-state index in [4.69, 9.17) is 12.2 Å². The zero-order valence-electron chi connectivity index (χ0n) is 12.3. The Hall–Kier alpha value is -1.64. The maximum absolute atomic E-state index is 9.19. The molecule has 1 aliphatic heterocycles. The summed E-state index contributed by atoms with van der Waals surface area (Å²) in [5.74, 6) is 0.671. The zero-order valence-corrected chi connectivity index (χ0v) is 13.1. The Labute approximate surface area is 130 Å². The van der Waals surface area contributed by atoms with Crippen LogP contribution >= 0.6 is 12.2 Å². The van der Waals surface area contributed by atoms with Crippen molar-refractivity contribution in [3.8, 4) is 6.07 Å². The van der Waals surface area contributed by atoms with Gasteiger partial charge in [0.25, 0.3) is 0 Å². The number of rotatable bonds is 3. The van der Waals surface area contributed by atoms with E-state index in [9.17, 15) is 5.26 Å². The lowest BCUT2D eigenvalue weighted by Crippen LogP contribution is -2.34. The molecule has 1 aliphatic rings. The lowest BCUT2D eigenvalue weighted by Gasteiger charge is -2.31. The van der Waals surface area contributed by atoms with E-state index in [-0.39, 0.29) is 0 Å². The zero-order chi connectivity index (χ0) is 14.8. The maximum Gasteiger partial charge on any atom is 0.178 e. The molecule has 2 heterocycles. The number of fused-ring (bicyclic) bond motifs is 1. The highest BCUT2D eigenvalue weighted by molar-refractivity contribution is 7.71. The Morgan fingerprint density at radius 3 is 2.81 bits per heavy atom. The van der Waals surface area contributed by atoms with Crippen LogP contribution in [0.25, 0.3) is 11.0 Å². The smallest absolute Gasteiger partial charge is 0.178 e. The van der Waals surface area contributed by atoms with Crippen LogP contribution in [0.3, 0.4) is 0 Å². The molecule has 0 amide bonds. The van der Waals surface area contributed by atoms with Crippen molar-refractivity contribution in [3.05, 3.63) is 28.5 Å². The summed E-state index contributed by atoms with van der Waals surface area (Å²) >= 11 is 5.46. The summed E-state index contributed by atoms with van der Waals surface area (Å²) in [6.45, 7) is 6.68. The Morgan fingerprint density at radius 2 is 2.14 bits per heavy atom. The van der Waals surface area contributed by atoms with Gasteiger partial charge in [-0.05, 0) is 62.7 Å². The number of aromatic amines is 1. The van der Waals surface area contributed by atoms with Gasteiger partial charge in [0.05, 0.1) is 16.6 Å². The maximum atomic E-state index is 9.19. The highest BCUT2D eigenvalue weighted by atomic mass is 32.1. The molecule has 21 heavy (non-hydrogen) atoms. The Morgan fingerprint density at radius 1 is 1.38 bits per heavy atom. The van der Waals surface area contributed by atoms with Gasteiger partial charge >= 0.3 is 0 Å². The molecule has 0 unspecified atom stereocenters. The fourth-order valence-corrected chi connectivity index (χ4v) is 3.47. The largest absolute Gasteiger partial charge is 0.329 e. The Bertz CT molecular complexity index is 729. The molecule has 1 saturated heterocycles. The first-order chi connectivity index (χ1) is 10.2. The minimum absolute atomic E-state index is 0.665. The summed E-state index contributed by atoms with van der Waals surface area (Å²) in [6, 6.07) is 8.04. The average molecular weight is 300 g/mol. The summed E-state index contributed by atoms with van der Waals surface area (Å²) in [5, 5.41) is 9.19. The monoisotopic (exact) mass is 300 g/mol. The summed E-state index contributed by atoms with van der Waals surface area (Å²) < 4.78 is 2.89. The lowest BCUT2D eigenvalue weighted by molar-refractivity contribution is 0.181. The van der Waals surface area contributed by atoms with Gasteiger partial charge in [-0.15, -0.1) is 0 Å². The molecule has 1 aromatic heterocycles.